The third kappa shape index (κ3) is 1.63. The van der Waals surface area contributed by atoms with Crippen LogP contribution >= 0.6 is 15.9 Å². The lowest BCUT2D eigenvalue weighted by Gasteiger charge is -2.35. The second-order valence-corrected chi connectivity index (χ2v) is 5.30. The van der Waals surface area contributed by atoms with E-state index >= 15 is 0 Å². The smallest absolute Gasteiger partial charge is 0.0694 e. The van der Waals surface area contributed by atoms with Crippen LogP contribution in [0, 0.1) is 0 Å². The van der Waals surface area contributed by atoms with Gasteiger partial charge in [-0.2, -0.15) is 0 Å². The molecule has 1 aromatic carbocycles. The summed E-state index contributed by atoms with van der Waals surface area (Å²) in [5, 5.41) is 9.65. The van der Waals surface area contributed by atoms with Crippen LogP contribution in [0.1, 0.15) is 17.5 Å². The van der Waals surface area contributed by atoms with Gasteiger partial charge in [0.25, 0.3) is 0 Å². The van der Waals surface area contributed by atoms with Gasteiger partial charge in [-0.1, -0.05) is 22.0 Å². The molecule has 15 heavy (non-hydrogen) atoms. The topological polar surface area (TPSA) is 23.5 Å². The van der Waals surface area contributed by atoms with Crippen LogP contribution in [0.5, 0.6) is 0 Å². The highest BCUT2D eigenvalue weighted by Crippen LogP contribution is 2.40. The van der Waals surface area contributed by atoms with Gasteiger partial charge in [0, 0.05) is 4.47 Å². The van der Waals surface area contributed by atoms with Crippen LogP contribution in [0.15, 0.2) is 22.7 Å². The Bertz CT molecular complexity index is 378. The minimum absolute atomic E-state index is 0.171. The predicted octanol–water partition coefficient (Wildman–Crippen LogP) is 2.14. The maximum absolute atomic E-state index is 9.65. The van der Waals surface area contributed by atoms with E-state index in [1.54, 1.807) is 0 Å². The largest absolute Gasteiger partial charge is 0.394 e. The number of halogens is 1. The van der Waals surface area contributed by atoms with Crippen LogP contribution in [0.25, 0.3) is 0 Å². The molecule has 1 aliphatic rings. The molecule has 0 spiro atoms. The number of aryl methyl sites for hydroxylation is 1. The van der Waals surface area contributed by atoms with Gasteiger partial charge in [0.2, 0.25) is 0 Å². The third-order valence-corrected chi connectivity index (χ3v) is 3.99. The van der Waals surface area contributed by atoms with Crippen LogP contribution < -0.4 is 0 Å². The lowest BCUT2D eigenvalue weighted by atomic mass is 9.91. The maximum Gasteiger partial charge on any atom is 0.0694 e. The third-order valence-electron chi connectivity index (χ3n) is 3.49. The Labute approximate surface area is 99.0 Å². The van der Waals surface area contributed by atoms with E-state index in [1.165, 1.54) is 11.1 Å². The first-order chi connectivity index (χ1) is 7.10. The van der Waals surface area contributed by atoms with Gasteiger partial charge in [-0.05, 0) is 50.2 Å². The summed E-state index contributed by atoms with van der Waals surface area (Å²) in [6.45, 7) is 0.189. The first-order valence-electron chi connectivity index (χ1n) is 5.17. The molecule has 0 radical (unpaired) electrons. The number of hydrogen-bond donors (Lipinski definition) is 1. The molecule has 0 bridgehead atoms. The molecule has 0 unspecified atom stereocenters. The molecule has 2 rings (SSSR count). The molecule has 3 heteroatoms. The highest BCUT2D eigenvalue weighted by Gasteiger charge is 2.39. The molecule has 0 saturated carbocycles. The number of likely N-dealkylation sites (N-methyl/N-ethyl adjacent to an activating group) is 1. The molecule has 0 aromatic heterocycles. The summed E-state index contributed by atoms with van der Waals surface area (Å²) in [4.78, 5) is 2.13. The van der Waals surface area contributed by atoms with Crippen molar-refractivity contribution in [1.82, 2.24) is 4.90 Å². The first kappa shape index (κ1) is 11.1. The number of fused-ring (bicyclic) bond motifs is 1. The van der Waals surface area contributed by atoms with E-state index in [1.807, 2.05) is 14.1 Å². The molecular formula is C12H16BrNO. The Morgan fingerprint density at radius 2 is 2.20 bits per heavy atom. The molecule has 1 N–H and O–H groups in total. The van der Waals surface area contributed by atoms with Crippen LogP contribution in [0.3, 0.4) is 0 Å². The monoisotopic (exact) mass is 269 g/mol. The zero-order valence-electron chi connectivity index (χ0n) is 9.13. The summed E-state index contributed by atoms with van der Waals surface area (Å²) >= 11 is 3.49. The SMILES string of the molecule is CN(C)[C@]1(CO)CCc2cc(Br)ccc21. The minimum atomic E-state index is -0.171. The number of hydrogen-bond acceptors (Lipinski definition) is 2. The fraction of sp³-hybridized carbons (Fsp3) is 0.500. The van der Waals surface area contributed by atoms with E-state index in [9.17, 15) is 5.11 Å². The van der Waals surface area contributed by atoms with Crippen molar-refractivity contribution in [3.63, 3.8) is 0 Å². The maximum atomic E-state index is 9.65. The van der Waals surface area contributed by atoms with Crippen molar-refractivity contribution in [3.05, 3.63) is 33.8 Å². The van der Waals surface area contributed by atoms with Gasteiger partial charge in [-0.3, -0.25) is 4.90 Å². The van der Waals surface area contributed by atoms with Crippen molar-refractivity contribution in [2.45, 2.75) is 18.4 Å². The molecule has 0 heterocycles. The Hall–Kier alpha value is -0.380. The van der Waals surface area contributed by atoms with Gasteiger partial charge in [0.05, 0.1) is 12.1 Å². The summed E-state index contributed by atoms with van der Waals surface area (Å²) in [5.41, 5.74) is 2.46. The lowest BCUT2D eigenvalue weighted by Crippen LogP contribution is -2.42. The van der Waals surface area contributed by atoms with Crippen molar-refractivity contribution in [2.24, 2.45) is 0 Å². The predicted molar refractivity (Wildman–Crippen MR) is 64.9 cm³/mol. The van der Waals surface area contributed by atoms with Crippen LogP contribution in [-0.4, -0.2) is 30.7 Å². The van der Waals surface area contributed by atoms with Crippen LogP contribution in [0.2, 0.25) is 0 Å². The van der Waals surface area contributed by atoms with Gasteiger partial charge in [0.1, 0.15) is 0 Å². The van der Waals surface area contributed by atoms with E-state index in [0.717, 1.165) is 17.3 Å². The molecule has 0 aliphatic heterocycles. The second-order valence-electron chi connectivity index (χ2n) is 4.39. The average Bonchev–Trinajstić information content (AvgIpc) is 2.56. The number of nitrogens with zero attached hydrogens (tertiary/aromatic N) is 1. The van der Waals surface area contributed by atoms with E-state index in [2.05, 4.69) is 39.0 Å². The minimum Gasteiger partial charge on any atom is -0.394 e. The number of rotatable bonds is 2. The van der Waals surface area contributed by atoms with Gasteiger partial charge < -0.3 is 5.11 Å². The highest BCUT2D eigenvalue weighted by molar-refractivity contribution is 9.10. The fourth-order valence-electron chi connectivity index (χ4n) is 2.47. The van der Waals surface area contributed by atoms with E-state index in [4.69, 9.17) is 0 Å². The van der Waals surface area contributed by atoms with Crippen molar-refractivity contribution in [3.8, 4) is 0 Å². The molecule has 2 nitrogen and oxygen atoms in total. The van der Waals surface area contributed by atoms with Gasteiger partial charge >= 0.3 is 0 Å². The molecule has 1 aliphatic carbocycles. The molecule has 0 fully saturated rings. The lowest BCUT2D eigenvalue weighted by molar-refractivity contribution is 0.0674. The zero-order valence-corrected chi connectivity index (χ0v) is 10.7. The average molecular weight is 270 g/mol. The second kappa shape index (κ2) is 3.89. The molecular weight excluding hydrogens is 254 g/mol. The van der Waals surface area contributed by atoms with Gasteiger partial charge in [0.15, 0.2) is 0 Å². The van der Waals surface area contributed by atoms with E-state index in [0.29, 0.717) is 0 Å². The Kier molecular flexibility index (Phi) is 2.88. The molecule has 1 atom stereocenters. The van der Waals surface area contributed by atoms with Gasteiger partial charge in [-0.15, -0.1) is 0 Å². The van der Waals surface area contributed by atoms with Crippen molar-refractivity contribution in [2.75, 3.05) is 20.7 Å². The number of aliphatic hydroxyl groups is 1. The summed E-state index contributed by atoms with van der Waals surface area (Å²) in [6, 6.07) is 6.34. The van der Waals surface area contributed by atoms with Crippen molar-refractivity contribution in [1.29, 1.82) is 0 Å². The van der Waals surface area contributed by atoms with Crippen LogP contribution in [0.4, 0.5) is 0 Å². The Balaban J connectivity index is 2.51. The Morgan fingerprint density at radius 3 is 2.80 bits per heavy atom. The summed E-state index contributed by atoms with van der Waals surface area (Å²) in [7, 11) is 4.07. The summed E-state index contributed by atoms with van der Waals surface area (Å²) in [5.74, 6) is 0. The number of benzene rings is 1. The molecule has 0 amide bonds. The Morgan fingerprint density at radius 1 is 1.47 bits per heavy atom. The highest BCUT2D eigenvalue weighted by atomic mass is 79.9. The zero-order chi connectivity index (χ0) is 11.1. The molecule has 1 aromatic rings. The normalized spacial score (nSPS) is 24.6. The standard InChI is InChI=1S/C12H16BrNO/c1-14(2)12(8-15)6-5-9-7-10(13)3-4-11(9)12/h3-4,7,15H,5-6,8H2,1-2H3/t12-/m0/s1. The fourth-order valence-corrected chi connectivity index (χ4v) is 2.88. The van der Waals surface area contributed by atoms with E-state index in [-0.39, 0.29) is 12.1 Å². The molecule has 82 valence electrons. The van der Waals surface area contributed by atoms with Crippen LogP contribution in [-0.2, 0) is 12.0 Å². The van der Waals surface area contributed by atoms with Crippen molar-refractivity contribution < 1.29 is 5.11 Å². The first-order valence-corrected chi connectivity index (χ1v) is 5.96. The summed E-state index contributed by atoms with van der Waals surface area (Å²) in [6.07, 6.45) is 2.05. The summed E-state index contributed by atoms with van der Waals surface area (Å²) < 4.78 is 1.12. The number of aliphatic hydroxyl groups excluding tert-OH is 1. The van der Waals surface area contributed by atoms with Crippen molar-refractivity contribution >= 4 is 15.9 Å². The van der Waals surface area contributed by atoms with E-state index < -0.39 is 0 Å². The molecule has 0 saturated heterocycles. The van der Waals surface area contributed by atoms with Gasteiger partial charge in [-0.25, -0.2) is 0 Å². The quantitative estimate of drug-likeness (QED) is 0.890.